The molecule has 2 atom stereocenters. The summed E-state index contributed by atoms with van der Waals surface area (Å²) < 4.78 is 33.9. The van der Waals surface area contributed by atoms with Crippen LogP contribution in [0.1, 0.15) is 245 Å². The molecule has 0 aliphatic heterocycles. The Labute approximate surface area is 359 Å². The maximum Gasteiger partial charge on any atom is 0.306 e. The molecule has 58 heavy (non-hydrogen) atoms. The van der Waals surface area contributed by atoms with E-state index in [1.165, 1.54) is 180 Å². The molecule has 0 fully saturated rings. The van der Waals surface area contributed by atoms with Crippen molar-refractivity contribution >= 4 is 19.8 Å². The molecule has 0 aliphatic carbocycles. The summed E-state index contributed by atoms with van der Waals surface area (Å²) >= 11 is 0. The van der Waals surface area contributed by atoms with E-state index in [0.29, 0.717) is 17.4 Å². The summed E-state index contributed by atoms with van der Waals surface area (Å²) in [5, 5.41) is 0. The SMILES string of the molecule is CCCCCCCCCCCCCCCCCCCCCCCCCCCC(=O)OC(COC(=O)CCCCCCCCCCC)COP(=O)([O-])OCC[N+](C)(C)C. The first kappa shape index (κ1) is 57.0. The molecule has 0 rings (SSSR count). The number of phosphoric acid groups is 1. The summed E-state index contributed by atoms with van der Waals surface area (Å²) in [4.78, 5) is 37.5. The quantitative estimate of drug-likeness (QED) is 0.0258. The third-order valence-corrected chi connectivity index (χ3v) is 12.1. The number of carbonyl (C=O) groups is 2. The van der Waals surface area contributed by atoms with Gasteiger partial charge in [0.2, 0.25) is 0 Å². The topological polar surface area (TPSA) is 111 Å². The molecule has 0 bridgehead atoms. The predicted octanol–water partition coefficient (Wildman–Crippen LogP) is 13.7. The lowest BCUT2D eigenvalue weighted by Crippen LogP contribution is -2.37. The molecule has 0 aromatic rings. The molecule has 0 radical (unpaired) electrons. The number of phosphoric ester groups is 1. The van der Waals surface area contributed by atoms with Gasteiger partial charge in [-0.3, -0.25) is 14.2 Å². The number of unbranched alkanes of at least 4 members (excludes halogenated alkanes) is 32. The van der Waals surface area contributed by atoms with Crippen LogP contribution in [0.5, 0.6) is 0 Å². The molecular weight excluding hydrogens is 750 g/mol. The van der Waals surface area contributed by atoms with Gasteiger partial charge in [0.05, 0.1) is 27.7 Å². The van der Waals surface area contributed by atoms with Crippen LogP contribution in [-0.2, 0) is 32.7 Å². The number of hydrogen-bond donors (Lipinski definition) is 0. The van der Waals surface area contributed by atoms with Gasteiger partial charge in [-0.15, -0.1) is 0 Å². The van der Waals surface area contributed by atoms with Gasteiger partial charge in [0.1, 0.15) is 19.8 Å². The van der Waals surface area contributed by atoms with Crippen molar-refractivity contribution in [2.45, 2.75) is 251 Å². The number of nitrogens with zero attached hydrogens (tertiary/aromatic N) is 1. The third-order valence-electron chi connectivity index (χ3n) is 11.1. The molecule has 0 aromatic carbocycles. The Morgan fingerprint density at radius 2 is 0.776 bits per heavy atom. The third kappa shape index (κ3) is 44.6. The predicted molar refractivity (Wildman–Crippen MR) is 241 cm³/mol. The van der Waals surface area contributed by atoms with Crippen LogP contribution in [0.2, 0.25) is 0 Å². The fourth-order valence-electron chi connectivity index (χ4n) is 7.25. The van der Waals surface area contributed by atoms with Crippen molar-refractivity contribution in [3.8, 4) is 0 Å². The second-order valence-corrected chi connectivity index (χ2v) is 19.6. The van der Waals surface area contributed by atoms with Crippen LogP contribution in [0.15, 0.2) is 0 Å². The molecule has 0 N–H and O–H groups in total. The molecule has 9 nitrogen and oxygen atoms in total. The van der Waals surface area contributed by atoms with Crippen LogP contribution in [0.3, 0.4) is 0 Å². The number of hydrogen-bond acceptors (Lipinski definition) is 8. The Morgan fingerprint density at radius 3 is 1.10 bits per heavy atom. The first-order valence-corrected chi connectivity index (χ1v) is 26.2. The fraction of sp³-hybridized carbons (Fsp3) is 0.958. The summed E-state index contributed by atoms with van der Waals surface area (Å²) in [6.45, 7) is 4.25. The van der Waals surface area contributed by atoms with Crippen molar-refractivity contribution in [1.82, 2.24) is 0 Å². The average Bonchev–Trinajstić information content (AvgIpc) is 3.17. The van der Waals surface area contributed by atoms with Gasteiger partial charge < -0.3 is 27.9 Å². The van der Waals surface area contributed by atoms with Crippen LogP contribution in [0.4, 0.5) is 0 Å². The number of ether oxygens (including phenoxy) is 2. The van der Waals surface area contributed by atoms with Gasteiger partial charge in [0.25, 0.3) is 7.82 Å². The van der Waals surface area contributed by atoms with Crippen molar-refractivity contribution < 1.29 is 42.1 Å². The van der Waals surface area contributed by atoms with E-state index in [1.54, 1.807) is 0 Å². The Bertz CT molecular complexity index is 958. The number of likely N-dealkylation sites (N-methyl/N-ethyl adjacent to an activating group) is 1. The van der Waals surface area contributed by atoms with Gasteiger partial charge in [-0.2, -0.15) is 0 Å². The van der Waals surface area contributed by atoms with Gasteiger partial charge >= 0.3 is 11.9 Å². The van der Waals surface area contributed by atoms with Crippen molar-refractivity contribution in [2.24, 2.45) is 0 Å². The first-order valence-electron chi connectivity index (χ1n) is 24.7. The molecule has 0 saturated heterocycles. The number of carbonyl (C=O) groups excluding carboxylic acids is 2. The van der Waals surface area contributed by atoms with Crippen molar-refractivity contribution in [3.05, 3.63) is 0 Å². The minimum atomic E-state index is -4.61. The lowest BCUT2D eigenvalue weighted by atomic mass is 10.0. The second-order valence-electron chi connectivity index (χ2n) is 18.2. The van der Waals surface area contributed by atoms with E-state index in [1.807, 2.05) is 21.1 Å². The first-order chi connectivity index (χ1) is 28.0. The maximum atomic E-state index is 12.7. The Hall–Kier alpha value is -0.990. The van der Waals surface area contributed by atoms with E-state index >= 15 is 0 Å². The molecule has 0 spiro atoms. The summed E-state index contributed by atoms with van der Waals surface area (Å²) in [5.74, 6) is -0.821. The second kappa shape index (κ2) is 41.4. The molecule has 0 aromatic heterocycles. The van der Waals surface area contributed by atoms with Crippen LogP contribution < -0.4 is 4.89 Å². The lowest BCUT2D eigenvalue weighted by molar-refractivity contribution is -0.870. The number of rotatable bonds is 46. The highest BCUT2D eigenvalue weighted by Gasteiger charge is 2.21. The molecular formula is C48H96NO8P. The molecule has 0 saturated carbocycles. The Balaban J connectivity index is 4.06. The minimum absolute atomic E-state index is 0.0257. The molecule has 2 unspecified atom stereocenters. The van der Waals surface area contributed by atoms with E-state index in [2.05, 4.69) is 13.8 Å². The van der Waals surface area contributed by atoms with Crippen molar-refractivity contribution in [1.29, 1.82) is 0 Å². The highest BCUT2D eigenvalue weighted by molar-refractivity contribution is 7.45. The summed E-state index contributed by atoms with van der Waals surface area (Å²) in [6.07, 6.45) is 43.0. The smallest absolute Gasteiger partial charge is 0.306 e. The van der Waals surface area contributed by atoms with Crippen LogP contribution >= 0.6 is 7.82 Å². The number of esters is 2. The zero-order valence-corrected chi connectivity index (χ0v) is 39.9. The molecule has 346 valence electrons. The van der Waals surface area contributed by atoms with Gasteiger partial charge in [0, 0.05) is 12.8 Å². The highest BCUT2D eigenvalue weighted by Crippen LogP contribution is 2.38. The van der Waals surface area contributed by atoms with Crippen LogP contribution in [0.25, 0.3) is 0 Å². The average molecular weight is 846 g/mol. The van der Waals surface area contributed by atoms with E-state index in [4.69, 9.17) is 18.5 Å². The van der Waals surface area contributed by atoms with E-state index in [-0.39, 0.29) is 32.0 Å². The highest BCUT2D eigenvalue weighted by atomic mass is 31.2. The molecule has 0 aliphatic rings. The van der Waals surface area contributed by atoms with Crippen LogP contribution in [-0.4, -0.2) is 70.0 Å². The fourth-order valence-corrected chi connectivity index (χ4v) is 7.97. The number of quaternary nitrogens is 1. The maximum absolute atomic E-state index is 12.7. The van der Waals surface area contributed by atoms with Gasteiger partial charge in [0.15, 0.2) is 6.10 Å². The monoisotopic (exact) mass is 846 g/mol. The standard InChI is InChI=1S/C48H96NO8P/c1-6-8-10-12-14-16-17-18-19-20-21-22-23-24-25-26-27-28-29-30-31-33-35-37-39-41-48(51)57-46(45-56-58(52,53)55-43-42-49(3,4)5)44-54-47(50)40-38-36-34-32-15-13-11-9-7-2/h46H,6-45H2,1-5H3. The molecule has 10 heteroatoms. The van der Waals surface area contributed by atoms with E-state index in [9.17, 15) is 19.0 Å². The zero-order valence-electron chi connectivity index (χ0n) is 39.0. The van der Waals surface area contributed by atoms with Gasteiger partial charge in [-0.25, -0.2) is 0 Å². The normalized spacial score (nSPS) is 13.4. The van der Waals surface area contributed by atoms with Gasteiger partial charge in [-0.1, -0.05) is 219 Å². The van der Waals surface area contributed by atoms with Crippen LogP contribution in [0, 0.1) is 0 Å². The minimum Gasteiger partial charge on any atom is -0.756 e. The molecule has 0 amide bonds. The summed E-state index contributed by atoms with van der Waals surface area (Å²) in [5.41, 5.74) is 0. The summed E-state index contributed by atoms with van der Waals surface area (Å²) in [7, 11) is 1.18. The van der Waals surface area contributed by atoms with Gasteiger partial charge in [-0.05, 0) is 12.8 Å². The largest absolute Gasteiger partial charge is 0.756 e. The Morgan fingerprint density at radius 1 is 0.466 bits per heavy atom. The Kier molecular flexibility index (Phi) is 40.7. The molecule has 0 heterocycles. The van der Waals surface area contributed by atoms with Crippen molar-refractivity contribution in [2.75, 3.05) is 47.5 Å². The van der Waals surface area contributed by atoms with Crippen molar-refractivity contribution in [3.63, 3.8) is 0 Å². The van der Waals surface area contributed by atoms with E-state index < -0.39 is 26.5 Å². The van der Waals surface area contributed by atoms with E-state index in [0.717, 1.165) is 32.1 Å². The zero-order chi connectivity index (χ0) is 42.8. The summed E-state index contributed by atoms with van der Waals surface area (Å²) in [6, 6.07) is 0. The lowest BCUT2D eigenvalue weighted by Gasteiger charge is -2.28.